The highest BCUT2D eigenvalue weighted by Gasteiger charge is 2.08. The van der Waals surface area contributed by atoms with Crippen molar-refractivity contribution in [3.8, 4) is 0 Å². The van der Waals surface area contributed by atoms with Crippen LogP contribution >= 0.6 is 11.3 Å². The Morgan fingerprint density at radius 2 is 1.90 bits per heavy atom. The average Bonchev–Trinajstić information content (AvgIpc) is 2.98. The Morgan fingerprint density at radius 3 is 2.57 bits per heavy atom. The second-order valence-corrected chi connectivity index (χ2v) is 5.87. The summed E-state index contributed by atoms with van der Waals surface area (Å²) in [5.74, 6) is -0.426. The van der Waals surface area contributed by atoms with Crippen LogP contribution in [-0.2, 0) is 11.3 Å². The zero-order valence-electron chi connectivity index (χ0n) is 12.1. The standard InChI is InChI=1S/C16H18N2O2S/c1-11-5-6-13(8-12(11)2)16(20)18-10-15(19)17-9-14-4-3-7-21-14/h3-8H,9-10H2,1-2H3,(H,17,19)(H,18,20). The SMILES string of the molecule is Cc1ccc(C(=O)NCC(=O)NCc2cccs2)cc1C. The van der Waals surface area contributed by atoms with Gasteiger partial charge in [0.05, 0.1) is 13.1 Å². The summed E-state index contributed by atoms with van der Waals surface area (Å²) < 4.78 is 0. The Labute approximate surface area is 128 Å². The van der Waals surface area contributed by atoms with Gasteiger partial charge in [0.1, 0.15) is 0 Å². The molecule has 0 aliphatic rings. The van der Waals surface area contributed by atoms with Crippen LogP contribution in [0.2, 0.25) is 0 Å². The van der Waals surface area contributed by atoms with Crippen LogP contribution < -0.4 is 10.6 Å². The number of carbonyl (C=O) groups is 2. The van der Waals surface area contributed by atoms with E-state index >= 15 is 0 Å². The predicted molar refractivity (Wildman–Crippen MR) is 84.4 cm³/mol. The number of aryl methyl sites for hydroxylation is 2. The van der Waals surface area contributed by atoms with Crippen LogP contribution in [0.4, 0.5) is 0 Å². The highest BCUT2D eigenvalue weighted by atomic mass is 32.1. The summed E-state index contributed by atoms with van der Waals surface area (Å²) >= 11 is 1.59. The van der Waals surface area contributed by atoms with E-state index in [2.05, 4.69) is 10.6 Å². The normalized spacial score (nSPS) is 10.2. The highest BCUT2D eigenvalue weighted by molar-refractivity contribution is 7.09. The Hall–Kier alpha value is -2.14. The van der Waals surface area contributed by atoms with E-state index in [0.29, 0.717) is 12.1 Å². The molecule has 4 nitrogen and oxygen atoms in total. The van der Waals surface area contributed by atoms with Gasteiger partial charge in [-0.05, 0) is 48.6 Å². The molecule has 0 fully saturated rings. The van der Waals surface area contributed by atoms with Crippen molar-refractivity contribution in [3.63, 3.8) is 0 Å². The van der Waals surface area contributed by atoms with Gasteiger partial charge in [-0.3, -0.25) is 9.59 Å². The first kappa shape index (κ1) is 15.3. The lowest BCUT2D eigenvalue weighted by molar-refractivity contribution is -0.120. The van der Waals surface area contributed by atoms with Crippen molar-refractivity contribution in [3.05, 3.63) is 57.3 Å². The van der Waals surface area contributed by atoms with E-state index in [-0.39, 0.29) is 18.4 Å². The molecule has 110 valence electrons. The molecule has 0 aliphatic carbocycles. The van der Waals surface area contributed by atoms with Crippen molar-refractivity contribution in [2.45, 2.75) is 20.4 Å². The van der Waals surface area contributed by atoms with Gasteiger partial charge in [0.25, 0.3) is 5.91 Å². The minimum absolute atomic E-state index is 0.0167. The Morgan fingerprint density at radius 1 is 1.10 bits per heavy atom. The van der Waals surface area contributed by atoms with Crippen molar-refractivity contribution in [2.75, 3.05) is 6.54 Å². The Kier molecular flexibility index (Phi) is 5.11. The fourth-order valence-corrected chi connectivity index (χ4v) is 2.45. The molecule has 5 heteroatoms. The van der Waals surface area contributed by atoms with Crippen molar-refractivity contribution in [2.24, 2.45) is 0 Å². The van der Waals surface area contributed by atoms with Gasteiger partial charge in [-0.25, -0.2) is 0 Å². The quantitative estimate of drug-likeness (QED) is 0.891. The summed E-state index contributed by atoms with van der Waals surface area (Å²) in [4.78, 5) is 24.7. The number of benzene rings is 1. The monoisotopic (exact) mass is 302 g/mol. The van der Waals surface area contributed by atoms with Crippen molar-refractivity contribution in [1.82, 2.24) is 10.6 Å². The lowest BCUT2D eigenvalue weighted by Gasteiger charge is -2.07. The molecule has 0 radical (unpaired) electrons. The smallest absolute Gasteiger partial charge is 0.251 e. The van der Waals surface area contributed by atoms with Crippen LogP contribution in [-0.4, -0.2) is 18.4 Å². The van der Waals surface area contributed by atoms with Gasteiger partial charge in [-0.1, -0.05) is 12.1 Å². The first-order valence-electron chi connectivity index (χ1n) is 6.71. The molecule has 0 saturated carbocycles. The summed E-state index contributed by atoms with van der Waals surface area (Å²) in [7, 11) is 0. The number of nitrogens with one attached hydrogen (secondary N) is 2. The summed E-state index contributed by atoms with van der Waals surface area (Å²) in [6, 6.07) is 9.39. The van der Waals surface area contributed by atoms with Crippen LogP contribution in [0.5, 0.6) is 0 Å². The molecular formula is C16H18N2O2S. The molecule has 1 aromatic heterocycles. The molecule has 0 bridgehead atoms. The molecule has 2 aromatic rings. The first-order valence-corrected chi connectivity index (χ1v) is 7.59. The number of thiophene rings is 1. The van der Waals surface area contributed by atoms with Gasteiger partial charge in [0.15, 0.2) is 0 Å². The number of hydrogen-bond donors (Lipinski definition) is 2. The lowest BCUT2D eigenvalue weighted by Crippen LogP contribution is -2.36. The van der Waals surface area contributed by atoms with Crippen LogP contribution in [0.25, 0.3) is 0 Å². The zero-order chi connectivity index (χ0) is 15.2. The lowest BCUT2D eigenvalue weighted by atomic mass is 10.1. The van der Waals surface area contributed by atoms with Gasteiger partial charge in [-0.15, -0.1) is 11.3 Å². The van der Waals surface area contributed by atoms with E-state index in [1.54, 1.807) is 17.4 Å². The van der Waals surface area contributed by atoms with Crippen LogP contribution in [0.15, 0.2) is 35.7 Å². The third kappa shape index (κ3) is 4.43. The topological polar surface area (TPSA) is 58.2 Å². The Bertz CT molecular complexity index is 636. The van der Waals surface area contributed by atoms with Gasteiger partial charge in [0, 0.05) is 10.4 Å². The van der Waals surface area contributed by atoms with Crippen molar-refractivity contribution >= 4 is 23.2 Å². The number of amides is 2. The maximum Gasteiger partial charge on any atom is 0.251 e. The fraction of sp³-hybridized carbons (Fsp3) is 0.250. The largest absolute Gasteiger partial charge is 0.350 e. The average molecular weight is 302 g/mol. The molecule has 1 heterocycles. The molecule has 2 amide bonds. The molecule has 2 rings (SSSR count). The van der Waals surface area contributed by atoms with E-state index in [1.165, 1.54) is 0 Å². The van der Waals surface area contributed by atoms with Crippen LogP contribution in [0, 0.1) is 13.8 Å². The number of rotatable bonds is 5. The second kappa shape index (κ2) is 7.04. The fourth-order valence-electron chi connectivity index (χ4n) is 1.81. The zero-order valence-corrected chi connectivity index (χ0v) is 12.9. The van der Waals surface area contributed by atoms with Gasteiger partial charge in [0.2, 0.25) is 5.91 Å². The molecular weight excluding hydrogens is 284 g/mol. The van der Waals surface area contributed by atoms with Crippen LogP contribution in [0.1, 0.15) is 26.4 Å². The molecule has 2 N–H and O–H groups in total. The third-order valence-electron chi connectivity index (χ3n) is 3.22. The van der Waals surface area contributed by atoms with Gasteiger partial charge < -0.3 is 10.6 Å². The molecule has 0 aliphatic heterocycles. The molecule has 1 aromatic carbocycles. The minimum atomic E-state index is -0.232. The number of carbonyl (C=O) groups excluding carboxylic acids is 2. The molecule has 0 saturated heterocycles. The van der Waals surface area contributed by atoms with E-state index < -0.39 is 0 Å². The van der Waals surface area contributed by atoms with Crippen molar-refractivity contribution in [1.29, 1.82) is 0 Å². The highest BCUT2D eigenvalue weighted by Crippen LogP contribution is 2.09. The van der Waals surface area contributed by atoms with Gasteiger partial charge in [-0.2, -0.15) is 0 Å². The van der Waals surface area contributed by atoms with Crippen LogP contribution in [0.3, 0.4) is 0 Å². The second-order valence-electron chi connectivity index (χ2n) is 4.84. The minimum Gasteiger partial charge on any atom is -0.350 e. The summed E-state index contributed by atoms with van der Waals surface area (Å²) in [5.41, 5.74) is 2.77. The third-order valence-corrected chi connectivity index (χ3v) is 4.09. The summed E-state index contributed by atoms with van der Waals surface area (Å²) in [6.07, 6.45) is 0. The first-order chi connectivity index (χ1) is 10.1. The van der Waals surface area contributed by atoms with Gasteiger partial charge >= 0.3 is 0 Å². The molecule has 21 heavy (non-hydrogen) atoms. The number of hydrogen-bond acceptors (Lipinski definition) is 3. The summed E-state index contributed by atoms with van der Waals surface area (Å²) in [5, 5.41) is 7.36. The molecule has 0 atom stereocenters. The van der Waals surface area contributed by atoms with E-state index in [0.717, 1.165) is 16.0 Å². The molecule has 0 spiro atoms. The maximum absolute atomic E-state index is 12.0. The van der Waals surface area contributed by atoms with E-state index in [9.17, 15) is 9.59 Å². The summed E-state index contributed by atoms with van der Waals surface area (Å²) in [6.45, 7) is 4.43. The Balaban J connectivity index is 1.80. The van der Waals surface area contributed by atoms with E-state index in [4.69, 9.17) is 0 Å². The predicted octanol–water partition coefficient (Wildman–Crippen LogP) is 2.41. The van der Waals surface area contributed by atoms with E-state index in [1.807, 2.05) is 43.5 Å². The molecule has 0 unspecified atom stereocenters. The maximum atomic E-state index is 12.0. The van der Waals surface area contributed by atoms with Crippen molar-refractivity contribution < 1.29 is 9.59 Å².